The van der Waals surface area contributed by atoms with Gasteiger partial charge < -0.3 is 0 Å². The zero-order valence-corrected chi connectivity index (χ0v) is 12.8. The van der Waals surface area contributed by atoms with E-state index in [1.54, 1.807) is 0 Å². The predicted molar refractivity (Wildman–Crippen MR) is 82.5 cm³/mol. The molecule has 1 unspecified atom stereocenters. The molecule has 18 heavy (non-hydrogen) atoms. The third kappa shape index (κ3) is 4.12. The molecule has 0 aliphatic heterocycles. The smallest absolute Gasteiger partial charge is 0.0513 e. The van der Waals surface area contributed by atoms with Gasteiger partial charge >= 0.3 is 0 Å². The molecule has 0 fully saturated rings. The number of hydrogen-bond donors (Lipinski definition) is 2. The molecule has 98 valence electrons. The van der Waals surface area contributed by atoms with Crippen molar-refractivity contribution in [3.63, 3.8) is 0 Å². The van der Waals surface area contributed by atoms with Crippen LogP contribution in [0.5, 0.6) is 0 Å². The molecule has 1 aromatic carbocycles. The Morgan fingerprint density at radius 3 is 2.94 bits per heavy atom. The number of nitrogens with two attached hydrogens (primary N) is 1. The van der Waals surface area contributed by atoms with Gasteiger partial charge in [-0.2, -0.15) is 0 Å². The molecule has 0 saturated carbocycles. The Hall–Kier alpha value is -0.290. The number of thioether (sulfide) groups is 1. The van der Waals surface area contributed by atoms with Crippen LogP contribution in [-0.2, 0) is 0 Å². The minimum atomic E-state index is 0.300. The Balaban J connectivity index is 1.92. The fraction of sp³-hybridized carbons (Fsp3) is 0.429. The van der Waals surface area contributed by atoms with E-state index in [9.17, 15) is 0 Å². The Morgan fingerprint density at radius 1 is 1.39 bits per heavy atom. The quantitative estimate of drug-likeness (QED) is 0.373. The molecule has 0 bridgehead atoms. The summed E-state index contributed by atoms with van der Waals surface area (Å²) in [7, 11) is 0. The highest BCUT2D eigenvalue weighted by molar-refractivity contribution is 9.10. The SMILES string of the molecule is NNC(CSc1cccc(Br)c1)C1=CCCCC1. The van der Waals surface area contributed by atoms with Gasteiger partial charge in [-0.05, 0) is 43.9 Å². The lowest BCUT2D eigenvalue weighted by atomic mass is 9.95. The second kappa shape index (κ2) is 7.34. The monoisotopic (exact) mass is 326 g/mol. The van der Waals surface area contributed by atoms with Crippen LogP contribution in [0.1, 0.15) is 25.7 Å². The molecule has 0 aromatic heterocycles. The Labute approximate surface area is 122 Å². The van der Waals surface area contributed by atoms with Gasteiger partial charge in [-0.15, -0.1) is 11.8 Å². The maximum atomic E-state index is 5.68. The highest BCUT2D eigenvalue weighted by Gasteiger charge is 2.15. The van der Waals surface area contributed by atoms with E-state index >= 15 is 0 Å². The summed E-state index contributed by atoms with van der Waals surface area (Å²) in [6.45, 7) is 0. The van der Waals surface area contributed by atoms with E-state index in [4.69, 9.17) is 5.84 Å². The first-order valence-corrected chi connectivity index (χ1v) is 8.11. The molecule has 0 spiro atoms. The van der Waals surface area contributed by atoms with E-state index in [-0.39, 0.29) is 0 Å². The second-order valence-electron chi connectivity index (χ2n) is 4.51. The molecular weight excluding hydrogens is 308 g/mol. The lowest BCUT2D eigenvalue weighted by Gasteiger charge is -2.22. The first-order chi connectivity index (χ1) is 8.79. The molecule has 4 heteroatoms. The van der Waals surface area contributed by atoms with Crippen LogP contribution < -0.4 is 11.3 Å². The van der Waals surface area contributed by atoms with Crippen molar-refractivity contribution in [1.29, 1.82) is 0 Å². The molecule has 3 N–H and O–H groups in total. The molecule has 1 atom stereocenters. The van der Waals surface area contributed by atoms with Gasteiger partial charge in [0, 0.05) is 15.1 Å². The van der Waals surface area contributed by atoms with E-state index in [2.05, 4.69) is 45.6 Å². The fourth-order valence-electron chi connectivity index (χ4n) is 2.18. The topological polar surface area (TPSA) is 38.0 Å². The Kier molecular flexibility index (Phi) is 5.76. The van der Waals surface area contributed by atoms with E-state index in [0.29, 0.717) is 6.04 Å². The summed E-state index contributed by atoms with van der Waals surface area (Å²) in [4.78, 5) is 1.28. The summed E-state index contributed by atoms with van der Waals surface area (Å²) in [5.74, 6) is 6.67. The van der Waals surface area contributed by atoms with Crippen molar-refractivity contribution in [2.24, 2.45) is 5.84 Å². The normalized spacial score (nSPS) is 17.3. The van der Waals surface area contributed by atoms with Crippen LogP contribution in [0, 0.1) is 0 Å². The number of halogens is 1. The van der Waals surface area contributed by atoms with Crippen molar-refractivity contribution in [3.05, 3.63) is 40.4 Å². The number of hydrogen-bond acceptors (Lipinski definition) is 3. The summed E-state index contributed by atoms with van der Waals surface area (Å²) in [5.41, 5.74) is 4.43. The molecule has 2 nitrogen and oxygen atoms in total. The van der Waals surface area contributed by atoms with E-state index in [0.717, 1.165) is 10.2 Å². The molecule has 0 amide bonds. The van der Waals surface area contributed by atoms with Crippen molar-refractivity contribution < 1.29 is 0 Å². The highest BCUT2D eigenvalue weighted by Crippen LogP contribution is 2.26. The van der Waals surface area contributed by atoms with Crippen molar-refractivity contribution in [3.8, 4) is 0 Å². The standard InChI is InChI=1S/C14H19BrN2S/c15-12-7-4-8-13(9-12)18-10-14(17-16)11-5-2-1-3-6-11/h4-5,7-9,14,17H,1-3,6,10,16H2. The third-order valence-electron chi connectivity index (χ3n) is 3.19. The van der Waals surface area contributed by atoms with E-state index < -0.39 is 0 Å². The molecule has 0 saturated heterocycles. The number of benzene rings is 1. The third-order valence-corrected chi connectivity index (χ3v) is 4.77. The summed E-state index contributed by atoms with van der Waals surface area (Å²) in [6.07, 6.45) is 7.36. The van der Waals surface area contributed by atoms with Gasteiger partial charge in [0.05, 0.1) is 6.04 Å². The number of nitrogens with one attached hydrogen (secondary N) is 1. The van der Waals surface area contributed by atoms with Crippen LogP contribution in [0.15, 0.2) is 45.3 Å². The molecule has 0 radical (unpaired) electrons. The molecule has 2 rings (SSSR count). The average molecular weight is 327 g/mol. The van der Waals surface area contributed by atoms with Crippen LogP contribution in [-0.4, -0.2) is 11.8 Å². The lowest BCUT2D eigenvalue weighted by molar-refractivity contribution is 0.582. The van der Waals surface area contributed by atoms with Gasteiger partial charge in [-0.25, -0.2) is 0 Å². The van der Waals surface area contributed by atoms with Crippen LogP contribution in [0.25, 0.3) is 0 Å². The maximum absolute atomic E-state index is 5.68. The Bertz CT molecular complexity index is 420. The predicted octanol–water partition coefficient (Wildman–Crippen LogP) is 3.87. The van der Waals surface area contributed by atoms with E-state index in [1.165, 1.54) is 36.2 Å². The number of hydrazine groups is 1. The van der Waals surface area contributed by atoms with Gasteiger partial charge in [0.15, 0.2) is 0 Å². The first kappa shape index (κ1) is 14.1. The van der Waals surface area contributed by atoms with Crippen molar-refractivity contribution >= 4 is 27.7 Å². The highest BCUT2D eigenvalue weighted by atomic mass is 79.9. The summed E-state index contributed by atoms with van der Waals surface area (Å²) >= 11 is 5.35. The van der Waals surface area contributed by atoms with Crippen LogP contribution >= 0.6 is 27.7 Å². The van der Waals surface area contributed by atoms with E-state index in [1.807, 2.05) is 17.8 Å². The van der Waals surface area contributed by atoms with Crippen molar-refractivity contribution in [2.45, 2.75) is 36.6 Å². The molecular formula is C14H19BrN2S. The van der Waals surface area contributed by atoms with Crippen molar-refractivity contribution in [1.82, 2.24) is 5.43 Å². The number of allylic oxidation sites excluding steroid dienone is 1. The molecule has 1 aliphatic carbocycles. The van der Waals surface area contributed by atoms with Crippen LogP contribution in [0.4, 0.5) is 0 Å². The average Bonchev–Trinajstić information content (AvgIpc) is 2.41. The molecule has 0 heterocycles. The second-order valence-corrected chi connectivity index (χ2v) is 6.52. The fourth-order valence-corrected chi connectivity index (χ4v) is 3.78. The largest absolute Gasteiger partial charge is 0.271 e. The summed E-state index contributed by atoms with van der Waals surface area (Å²) < 4.78 is 1.13. The van der Waals surface area contributed by atoms with Crippen LogP contribution in [0.3, 0.4) is 0 Å². The lowest BCUT2D eigenvalue weighted by Crippen LogP contribution is -2.38. The maximum Gasteiger partial charge on any atom is 0.0513 e. The van der Waals surface area contributed by atoms with Gasteiger partial charge in [0.2, 0.25) is 0 Å². The summed E-state index contributed by atoms with van der Waals surface area (Å²) in [6, 6.07) is 8.70. The van der Waals surface area contributed by atoms with Gasteiger partial charge in [0.1, 0.15) is 0 Å². The Morgan fingerprint density at radius 2 is 2.28 bits per heavy atom. The molecule has 1 aliphatic rings. The van der Waals surface area contributed by atoms with Gasteiger partial charge in [-0.3, -0.25) is 11.3 Å². The van der Waals surface area contributed by atoms with Crippen LogP contribution in [0.2, 0.25) is 0 Å². The number of rotatable bonds is 5. The zero-order valence-electron chi connectivity index (χ0n) is 10.4. The van der Waals surface area contributed by atoms with Gasteiger partial charge in [-0.1, -0.05) is 33.6 Å². The minimum Gasteiger partial charge on any atom is -0.271 e. The minimum absolute atomic E-state index is 0.300. The zero-order chi connectivity index (χ0) is 12.8. The molecule has 1 aromatic rings. The van der Waals surface area contributed by atoms with Gasteiger partial charge in [0.25, 0.3) is 0 Å². The summed E-state index contributed by atoms with van der Waals surface area (Å²) in [5, 5.41) is 0. The first-order valence-electron chi connectivity index (χ1n) is 6.33. The van der Waals surface area contributed by atoms with Crippen molar-refractivity contribution in [2.75, 3.05) is 5.75 Å².